The van der Waals surface area contributed by atoms with Crippen molar-refractivity contribution in [2.24, 2.45) is 0 Å². The summed E-state index contributed by atoms with van der Waals surface area (Å²) in [6.45, 7) is 0. The number of alkyl halides is 15. The first-order valence-electron chi connectivity index (χ1n) is 7.70. The number of esters is 1. The standard InChI is InChI=1S/C15H2F17NO2/c16-6-1-4(2-7(17)5(6)3-33)35-8(34)9(18,19)10(20,21)11(22,23)12(24,25)13(26,27)14(28,29)15(30,31)32/h1-2H. The molecule has 0 aliphatic rings. The summed E-state index contributed by atoms with van der Waals surface area (Å²) in [6.07, 6.45) is -7.80. The minimum absolute atomic E-state index is 0.376. The lowest BCUT2D eigenvalue weighted by molar-refractivity contribution is -0.450. The van der Waals surface area contributed by atoms with Gasteiger partial charge >= 0.3 is 47.7 Å². The van der Waals surface area contributed by atoms with E-state index < -0.39 is 70.6 Å². The Morgan fingerprint density at radius 1 is 0.657 bits per heavy atom. The molecule has 1 rings (SSSR count). The fourth-order valence-corrected chi connectivity index (χ4v) is 1.98. The average molecular weight is 551 g/mol. The number of nitrogens with zero attached hydrogens (tertiary/aromatic N) is 1. The lowest BCUT2D eigenvalue weighted by atomic mass is 9.91. The van der Waals surface area contributed by atoms with E-state index in [1.165, 1.54) is 0 Å². The third-order valence-electron chi connectivity index (χ3n) is 3.92. The van der Waals surface area contributed by atoms with Crippen molar-refractivity contribution >= 4 is 5.97 Å². The highest BCUT2D eigenvalue weighted by atomic mass is 19.4. The first-order valence-corrected chi connectivity index (χ1v) is 7.70. The van der Waals surface area contributed by atoms with Gasteiger partial charge in [0, 0.05) is 12.1 Å². The van der Waals surface area contributed by atoms with Gasteiger partial charge in [-0.15, -0.1) is 0 Å². The van der Waals surface area contributed by atoms with Crippen molar-refractivity contribution in [3.8, 4) is 11.8 Å². The SMILES string of the molecule is N#Cc1c(F)cc(OC(=O)C(F)(F)C(F)(F)C(F)(F)C(F)(F)C(F)(F)C(F)(F)C(F)(F)F)cc1F. The highest BCUT2D eigenvalue weighted by Gasteiger charge is 2.94. The Hall–Kier alpha value is -3.01. The van der Waals surface area contributed by atoms with Gasteiger partial charge in [0.2, 0.25) is 0 Å². The third-order valence-corrected chi connectivity index (χ3v) is 3.92. The molecule has 1 aromatic rings. The first-order chi connectivity index (χ1) is 15.3. The van der Waals surface area contributed by atoms with Gasteiger partial charge in [-0.3, -0.25) is 0 Å². The Kier molecular flexibility index (Phi) is 7.11. The highest BCUT2D eigenvalue weighted by Crippen LogP contribution is 2.62. The smallest absolute Gasteiger partial charge is 0.422 e. The summed E-state index contributed by atoms with van der Waals surface area (Å²) < 4.78 is 225. The number of hydrogen-bond donors (Lipinski definition) is 0. The van der Waals surface area contributed by atoms with Crippen LogP contribution in [0.2, 0.25) is 0 Å². The second kappa shape index (κ2) is 8.29. The Morgan fingerprint density at radius 2 is 1.00 bits per heavy atom. The van der Waals surface area contributed by atoms with Crippen LogP contribution in [-0.2, 0) is 4.79 Å². The van der Waals surface area contributed by atoms with Crippen LogP contribution >= 0.6 is 0 Å². The molecule has 0 atom stereocenters. The zero-order valence-corrected chi connectivity index (χ0v) is 15.3. The highest BCUT2D eigenvalue weighted by molar-refractivity contribution is 5.81. The molecule has 1 aromatic carbocycles. The van der Waals surface area contributed by atoms with E-state index in [0.717, 1.165) is 6.07 Å². The Balaban J connectivity index is 3.53. The van der Waals surface area contributed by atoms with Gasteiger partial charge in [0.1, 0.15) is 29.0 Å². The van der Waals surface area contributed by atoms with Crippen LogP contribution in [0.5, 0.6) is 5.75 Å². The number of carbonyl (C=O) groups excluding carboxylic acids is 1. The molecule has 0 radical (unpaired) electrons. The third kappa shape index (κ3) is 4.17. The van der Waals surface area contributed by atoms with Gasteiger partial charge in [0.05, 0.1) is 0 Å². The lowest BCUT2D eigenvalue weighted by Crippen LogP contribution is -2.73. The van der Waals surface area contributed by atoms with E-state index >= 15 is 0 Å². The van der Waals surface area contributed by atoms with E-state index in [2.05, 4.69) is 4.74 Å². The summed E-state index contributed by atoms with van der Waals surface area (Å²) in [5.41, 5.74) is -1.50. The summed E-state index contributed by atoms with van der Waals surface area (Å²) in [7, 11) is 0. The minimum atomic E-state index is -8.63. The molecule has 0 N–H and O–H groups in total. The monoisotopic (exact) mass is 551 g/mol. The largest absolute Gasteiger partial charge is 0.460 e. The zero-order valence-electron chi connectivity index (χ0n) is 15.3. The summed E-state index contributed by atoms with van der Waals surface area (Å²) in [5, 5.41) is 8.35. The molecule has 0 heterocycles. The summed E-state index contributed by atoms with van der Waals surface area (Å²) in [4.78, 5) is 11.2. The van der Waals surface area contributed by atoms with Crippen LogP contribution in [0.3, 0.4) is 0 Å². The molecule has 198 valence electrons. The van der Waals surface area contributed by atoms with E-state index in [0.29, 0.717) is 0 Å². The van der Waals surface area contributed by atoms with Crippen LogP contribution in [0.15, 0.2) is 12.1 Å². The molecule has 0 saturated carbocycles. The number of benzene rings is 1. The molecule has 35 heavy (non-hydrogen) atoms. The lowest BCUT2D eigenvalue weighted by Gasteiger charge is -2.40. The van der Waals surface area contributed by atoms with Crippen molar-refractivity contribution in [2.45, 2.75) is 41.7 Å². The molecule has 0 aliphatic carbocycles. The second-order valence-corrected chi connectivity index (χ2v) is 6.21. The molecule has 0 aliphatic heterocycles. The van der Waals surface area contributed by atoms with E-state index in [4.69, 9.17) is 5.26 Å². The Labute approximate surface area is 179 Å². The van der Waals surface area contributed by atoms with E-state index in [1.807, 2.05) is 0 Å². The van der Waals surface area contributed by atoms with Gasteiger partial charge < -0.3 is 4.74 Å². The van der Waals surface area contributed by atoms with Crippen molar-refractivity contribution in [1.29, 1.82) is 5.26 Å². The Bertz CT molecular complexity index is 1010. The van der Waals surface area contributed by atoms with Crippen molar-refractivity contribution in [1.82, 2.24) is 0 Å². The maximum Gasteiger partial charge on any atom is 0.460 e. The molecule has 3 nitrogen and oxygen atoms in total. The predicted octanol–water partition coefficient (Wildman–Crippen LogP) is 6.12. The number of carbonyl (C=O) groups is 1. The normalized spacial score (nSPS) is 14.5. The predicted molar refractivity (Wildman–Crippen MR) is 72.4 cm³/mol. The number of halogens is 17. The quantitative estimate of drug-likeness (QED) is 0.233. The molecule has 0 aromatic heterocycles. The molecule has 0 fully saturated rings. The van der Waals surface area contributed by atoms with Crippen LogP contribution in [0, 0.1) is 23.0 Å². The Morgan fingerprint density at radius 3 is 1.34 bits per heavy atom. The van der Waals surface area contributed by atoms with E-state index in [-0.39, 0.29) is 12.1 Å². The van der Waals surface area contributed by atoms with Gasteiger partial charge in [0.15, 0.2) is 0 Å². The second-order valence-electron chi connectivity index (χ2n) is 6.21. The molecule has 0 spiro atoms. The first kappa shape index (κ1) is 30.0. The molecular formula is C15H2F17NO2. The minimum Gasteiger partial charge on any atom is -0.422 e. The van der Waals surface area contributed by atoms with Crippen molar-refractivity contribution < 1.29 is 84.2 Å². The summed E-state index contributed by atoms with van der Waals surface area (Å²) in [5.74, 6) is -59.6. The van der Waals surface area contributed by atoms with Crippen LogP contribution in [0.25, 0.3) is 0 Å². The van der Waals surface area contributed by atoms with E-state index in [9.17, 15) is 79.4 Å². The number of hydrogen-bond acceptors (Lipinski definition) is 3. The van der Waals surface area contributed by atoms with Crippen LogP contribution < -0.4 is 4.74 Å². The molecule has 0 saturated heterocycles. The van der Waals surface area contributed by atoms with Crippen LogP contribution in [0.1, 0.15) is 5.56 Å². The fourth-order valence-electron chi connectivity index (χ4n) is 1.98. The summed E-state index contributed by atoms with van der Waals surface area (Å²) in [6, 6.07) is 0.0655. The number of ether oxygens (including phenoxy) is 1. The fraction of sp³-hybridized carbons (Fsp3) is 0.467. The van der Waals surface area contributed by atoms with Crippen LogP contribution in [0.4, 0.5) is 74.6 Å². The maximum atomic E-state index is 13.6. The molecule has 0 bridgehead atoms. The van der Waals surface area contributed by atoms with Crippen LogP contribution in [-0.4, -0.2) is 47.7 Å². The average Bonchev–Trinajstić information content (AvgIpc) is 2.65. The maximum absolute atomic E-state index is 13.6. The number of rotatable bonds is 7. The van der Waals surface area contributed by atoms with Crippen molar-refractivity contribution in [3.63, 3.8) is 0 Å². The number of nitriles is 1. The van der Waals surface area contributed by atoms with Gasteiger partial charge in [-0.1, -0.05) is 0 Å². The van der Waals surface area contributed by atoms with Crippen molar-refractivity contribution in [3.05, 3.63) is 29.3 Å². The molecule has 0 amide bonds. The van der Waals surface area contributed by atoms with Gasteiger partial charge in [-0.25, -0.2) is 13.6 Å². The van der Waals surface area contributed by atoms with E-state index in [1.54, 1.807) is 0 Å². The van der Waals surface area contributed by atoms with Gasteiger partial charge in [-0.2, -0.15) is 71.1 Å². The molecular weight excluding hydrogens is 549 g/mol. The van der Waals surface area contributed by atoms with Gasteiger partial charge in [0.25, 0.3) is 0 Å². The summed E-state index contributed by atoms with van der Waals surface area (Å²) >= 11 is 0. The topological polar surface area (TPSA) is 50.1 Å². The molecule has 20 heteroatoms. The molecule has 0 unspecified atom stereocenters. The van der Waals surface area contributed by atoms with Gasteiger partial charge in [-0.05, 0) is 0 Å². The zero-order chi connectivity index (χ0) is 28.2. The van der Waals surface area contributed by atoms with Crippen molar-refractivity contribution in [2.75, 3.05) is 0 Å².